The normalized spacial score (nSPS) is 17.4. The number of hydrogen-bond donors (Lipinski definition) is 2. The SMILES string of the molecule is COc1ccc(N(C)C(=O)C2Cc3cccc(c3)CCS(=O)(=O)Cc3[nH]c4ccc(F)cc4c3CC(=O)N2)cc1. The highest BCUT2D eigenvalue weighted by Gasteiger charge is 2.28. The van der Waals surface area contributed by atoms with Crippen LogP contribution in [0.2, 0.25) is 0 Å². The molecule has 1 atom stereocenters. The molecule has 2 bridgehead atoms. The maximum Gasteiger partial charge on any atom is 0.249 e. The van der Waals surface area contributed by atoms with Crippen molar-refractivity contribution in [1.82, 2.24) is 10.3 Å². The molecule has 2 N–H and O–H groups in total. The van der Waals surface area contributed by atoms with E-state index in [0.29, 0.717) is 40.0 Å². The van der Waals surface area contributed by atoms with Crippen LogP contribution in [0.25, 0.3) is 10.9 Å². The number of likely N-dealkylation sites (N-methyl/N-ethyl adjacent to an activating group) is 1. The number of aryl methyl sites for hydroxylation is 1. The van der Waals surface area contributed by atoms with Gasteiger partial charge in [0.05, 0.1) is 25.0 Å². The Morgan fingerprint density at radius 2 is 1.80 bits per heavy atom. The molecule has 0 fully saturated rings. The first-order chi connectivity index (χ1) is 19.1. The molecule has 40 heavy (non-hydrogen) atoms. The van der Waals surface area contributed by atoms with Gasteiger partial charge in [0, 0.05) is 35.8 Å². The Kier molecular flexibility index (Phi) is 7.62. The molecule has 3 aromatic carbocycles. The van der Waals surface area contributed by atoms with Crippen LogP contribution in [0.3, 0.4) is 0 Å². The van der Waals surface area contributed by atoms with Crippen LogP contribution in [0.4, 0.5) is 10.1 Å². The number of nitrogens with zero attached hydrogens (tertiary/aromatic N) is 1. The van der Waals surface area contributed by atoms with Gasteiger partial charge in [-0.1, -0.05) is 24.3 Å². The lowest BCUT2D eigenvalue weighted by molar-refractivity contribution is -0.127. The van der Waals surface area contributed by atoms with Gasteiger partial charge in [-0.3, -0.25) is 9.59 Å². The van der Waals surface area contributed by atoms with Crippen LogP contribution < -0.4 is 15.0 Å². The summed E-state index contributed by atoms with van der Waals surface area (Å²) in [6, 6.07) is 17.6. The third-order valence-corrected chi connectivity index (χ3v) is 8.77. The van der Waals surface area contributed by atoms with Crippen LogP contribution in [0, 0.1) is 5.82 Å². The van der Waals surface area contributed by atoms with Crippen molar-refractivity contribution in [3.8, 4) is 5.75 Å². The fourth-order valence-corrected chi connectivity index (χ4v) is 6.46. The molecule has 1 aromatic heterocycles. The first-order valence-electron chi connectivity index (χ1n) is 12.9. The maximum atomic E-state index is 14.2. The lowest BCUT2D eigenvalue weighted by atomic mass is 10.0. The number of nitrogens with one attached hydrogen (secondary N) is 2. The van der Waals surface area contributed by atoms with E-state index in [9.17, 15) is 22.4 Å². The van der Waals surface area contributed by atoms with E-state index in [1.54, 1.807) is 38.4 Å². The molecule has 10 heteroatoms. The van der Waals surface area contributed by atoms with Crippen molar-refractivity contribution < 1.29 is 27.1 Å². The first-order valence-corrected chi connectivity index (χ1v) is 14.7. The Morgan fingerprint density at radius 1 is 1.05 bits per heavy atom. The second-order valence-corrected chi connectivity index (χ2v) is 12.2. The summed E-state index contributed by atoms with van der Waals surface area (Å²) in [4.78, 5) is 31.7. The molecule has 2 amide bonds. The summed E-state index contributed by atoms with van der Waals surface area (Å²) >= 11 is 0. The summed E-state index contributed by atoms with van der Waals surface area (Å²) in [6.45, 7) is 0. The standard InChI is InChI=1S/C30H30FN3O5S/c1-34(22-7-9-23(39-2)10-8-22)30(36)27-15-20-5-3-4-19(14-20)12-13-40(37,38)18-28-25(17-29(35)33-27)24-16-21(31)6-11-26(24)32-28/h3-11,14,16,27,32H,12-13,15,17-18H2,1-2H3,(H,33,35). The first kappa shape index (κ1) is 27.4. The lowest BCUT2D eigenvalue weighted by Gasteiger charge is -2.25. The monoisotopic (exact) mass is 563 g/mol. The van der Waals surface area contributed by atoms with Gasteiger partial charge in [0.2, 0.25) is 11.8 Å². The summed E-state index contributed by atoms with van der Waals surface area (Å²) in [7, 11) is -0.345. The van der Waals surface area contributed by atoms with E-state index in [0.717, 1.165) is 11.1 Å². The predicted octanol–water partition coefficient (Wildman–Crippen LogP) is 3.72. The largest absolute Gasteiger partial charge is 0.497 e. The summed E-state index contributed by atoms with van der Waals surface area (Å²) < 4.78 is 45.5. The number of rotatable bonds is 3. The Morgan fingerprint density at radius 3 is 2.55 bits per heavy atom. The molecule has 5 rings (SSSR count). The molecular formula is C30H30FN3O5S. The van der Waals surface area contributed by atoms with Crippen molar-refractivity contribution in [2.75, 3.05) is 24.8 Å². The molecule has 1 unspecified atom stereocenters. The highest BCUT2D eigenvalue weighted by molar-refractivity contribution is 7.90. The van der Waals surface area contributed by atoms with Gasteiger partial charge in [-0.25, -0.2) is 12.8 Å². The Balaban J connectivity index is 1.53. The van der Waals surface area contributed by atoms with Crippen LogP contribution in [0.15, 0.2) is 66.7 Å². The molecule has 0 aliphatic carbocycles. The quantitative estimate of drug-likeness (QED) is 0.395. The van der Waals surface area contributed by atoms with Crippen LogP contribution in [-0.2, 0) is 44.4 Å². The minimum atomic E-state index is -3.55. The number of H-pyrrole nitrogens is 1. The fourth-order valence-electron chi connectivity index (χ4n) is 5.09. The van der Waals surface area contributed by atoms with E-state index in [1.165, 1.54) is 23.1 Å². The predicted molar refractivity (Wildman–Crippen MR) is 152 cm³/mol. The van der Waals surface area contributed by atoms with Crippen molar-refractivity contribution in [3.05, 3.63) is 94.9 Å². The van der Waals surface area contributed by atoms with E-state index in [1.807, 2.05) is 24.3 Å². The van der Waals surface area contributed by atoms with Crippen molar-refractivity contribution in [2.45, 2.75) is 31.1 Å². The number of carbonyl (C=O) groups is 2. The zero-order valence-corrected chi connectivity index (χ0v) is 23.1. The van der Waals surface area contributed by atoms with Gasteiger partial charge in [0.25, 0.3) is 0 Å². The van der Waals surface area contributed by atoms with Gasteiger partial charge in [-0.05, 0) is 65.6 Å². The van der Waals surface area contributed by atoms with Crippen molar-refractivity contribution >= 4 is 38.2 Å². The van der Waals surface area contributed by atoms with Crippen LogP contribution in [-0.4, -0.2) is 51.2 Å². The number of ether oxygens (including phenoxy) is 1. The summed E-state index contributed by atoms with van der Waals surface area (Å²) in [5, 5.41) is 3.31. The van der Waals surface area contributed by atoms with E-state index in [2.05, 4.69) is 10.3 Å². The highest BCUT2D eigenvalue weighted by atomic mass is 32.2. The average molecular weight is 564 g/mol. The second kappa shape index (κ2) is 11.1. The Hall–Kier alpha value is -4.18. The minimum absolute atomic E-state index is 0.0889. The fraction of sp³-hybridized carbons (Fsp3) is 0.267. The molecular weight excluding hydrogens is 533 g/mol. The van der Waals surface area contributed by atoms with Gasteiger partial charge in [0.1, 0.15) is 17.6 Å². The summed E-state index contributed by atoms with van der Waals surface area (Å²) in [5.74, 6) is -1.03. The molecule has 208 valence electrons. The van der Waals surface area contributed by atoms with Gasteiger partial charge < -0.3 is 19.9 Å². The van der Waals surface area contributed by atoms with Crippen LogP contribution in [0.5, 0.6) is 5.75 Å². The zero-order valence-electron chi connectivity index (χ0n) is 22.2. The van der Waals surface area contributed by atoms with Crippen LogP contribution >= 0.6 is 0 Å². The summed E-state index contributed by atoms with van der Waals surface area (Å²) in [5.41, 5.74) is 3.53. The molecule has 8 nitrogen and oxygen atoms in total. The number of benzene rings is 3. The van der Waals surface area contributed by atoms with E-state index in [-0.39, 0.29) is 30.3 Å². The number of anilines is 1. The van der Waals surface area contributed by atoms with Crippen molar-refractivity contribution in [1.29, 1.82) is 0 Å². The third-order valence-electron chi connectivity index (χ3n) is 7.21. The molecule has 0 saturated carbocycles. The van der Waals surface area contributed by atoms with E-state index in [4.69, 9.17) is 4.74 Å². The Labute approximate surface area is 232 Å². The van der Waals surface area contributed by atoms with E-state index < -0.39 is 27.6 Å². The van der Waals surface area contributed by atoms with Gasteiger partial charge >= 0.3 is 0 Å². The molecule has 0 saturated heterocycles. The second-order valence-electron chi connectivity index (χ2n) is 10.0. The zero-order chi connectivity index (χ0) is 28.4. The molecule has 0 radical (unpaired) electrons. The van der Waals surface area contributed by atoms with E-state index >= 15 is 0 Å². The highest BCUT2D eigenvalue weighted by Crippen LogP contribution is 2.27. The maximum absolute atomic E-state index is 14.2. The molecule has 2 heterocycles. The Bertz CT molecular complexity index is 1680. The van der Waals surface area contributed by atoms with Crippen molar-refractivity contribution in [3.63, 3.8) is 0 Å². The molecule has 4 aromatic rings. The number of sulfone groups is 1. The van der Waals surface area contributed by atoms with Crippen LogP contribution in [0.1, 0.15) is 22.4 Å². The average Bonchev–Trinajstić information content (AvgIpc) is 3.25. The number of aromatic amines is 1. The van der Waals surface area contributed by atoms with Gasteiger partial charge in [-0.2, -0.15) is 0 Å². The topological polar surface area (TPSA) is 109 Å². The molecule has 1 aliphatic rings. The number of fused-ring (bicyclic) bond motifs is 5. The number of aromatic nitrogens is 1. The minimum Gasteiger partial charge on any atom is -0.497 e. The number of methoxy groups -OCH3 is 1. The number of halogens is 1. The molecule has 0 spiro atoms. The lowest BCUT2D eigenvalue weighted by Crippen LogP contribution is -2.49. The number of amides is 2. The number of hydrogen-bond acceptors (Lipinski definition) is 5. The van der Waals surface area contributed by atoms with Crippen molar-refractivity contribution in [2.24, 2.45) is 0 Å². The summed E-state index contributed by atoms with van der Waals surface area (Å²) in [6.07, 6.45) is 0.294. The van der Waals surface area contributed by atoms with Gasteiger partial charge in [0.15, 0.2) is 9.84 Å². The van der Waals surface area contributed by atoms with Gasteiger partial charge in [-0.15, -0.1) is 0 Å². The smallest absolute Gasteiger partial charge is 0.249 e. The molecule has 1 aliphatic heterocycles. The number of carbonyl (C=O) groups excluding carboxylic acids is 2. The third kappa shape index (κ3) is 6.02.